The van der Waals surface area contributed by atoms with Gasteiger partial charge in [-0.15, -0.1) is 0 Å². The SMILES string of the molecule is Cn1cnc(C(=O)O)c1.OC1(CN2CC3C(CNCc4ccc(F)c(C(F)(F)F)c4)C3C2)Cc2ccccc2C1. The van der Waals surface area contributed by atoms with Crippen LogP contribution in [0.5, 0.6) is 0 Å². The maximum absolute atomic E-state index is 13.4. The number of imidazole rings is 1. The molecule has 3 aromatic rings. The number of hydrogen-bond acceptors (Lipinski definition) is 5. The predicted molar refractivity (Wildman–Crippen MR) is 139 cm³/mol. The third-order valence-corrected chi connectivity index (χ3v) is 8.09. The van der Waals surface area contributed by atoms with E-state index in [-0.39, 0.29) is 5.69 Å². The number of rotatable bonds is 7. The molecule has 0 amide bonds. The molecule has 11 heteroatoms. The molecule has 3 aliphatic rings. The van der Waals surface area contributed by atoms with Gasteiger partial charge in [-0.3, -0.25) is 4.90 Å². The molecule has 2 heterocycles. The monoisotopic (exact) mass is 560 g/mol. The summed E-state index contributed by atoms with van der Waals surface area (Å²) in [6.07, 6.45) is -0.372. The number of aromatic nitrogens is 2. The fourth-order valence-corrected chi connectivity index (χ4v) is 6.18. The number of nitrogens with one attached hydrogen (secondary N) is 1. The summed E-state index contributed by atoms with van der Waals surface area (Å²) in [5.41, 5.74) is 1.10. The van der Waals surface area contributed by atoms with Crippen LogP contribution in [0.2, 0.25) is 0 Å². The Labute approximate surface area is 229 Å². The van der Waals surface area contributed by atoms with Gasteiger partial charge in [-0.05, 0) is 53.1 Å². The first kappa shape index (κ1) is 28.3. The fourth-order valence-electron chi connectivity index (χ4n) is 6.18. The highest BCUT2D eigenvalue weighted by molar-refractivity contribution is 5.84. The van der Waals surface area contributed by atoms with Crippen molar-refractivity contribution in [1.29, 1.82) is 0 Å². The molecule has 6 rings (SSSR count). The second-order valence-corrected chi connectivity index (χ2v) is 11.2. The summed E-state index contributed by atoms with van der Waals surface area (Å²) in [5, 5.41) is 22.6. The Morgan fingerprint density at radius 2 is 1.77 bits per heavy atom. The molecule has 1 aliphatic heterocycles. The van der Waals surface area contributed by atoms with E-state index in [1.54, 1.807) is 11.6 Å². The van der Waals surface area contributed by atoms with Gasteiger partial charge in [-0.2, -0.15) is 13.2 Å². The lowest BCUT2D eigenvalue weighted by Gasteiger charge is -2.30. The first-order valence-electron chi connectivity index (χ1n) is 13.2. The minimum Gasteiger partial charge on any atom is -0.476 e. The van der Waals surface area contributed by atoms with Crippen molar-refractivity contribution in [3.8, 4) is 0 Å². The molecular formula is C29H32F4N4O3. The van der Waals surface area contributed by atoms with Gasteiger partial charge in [0.2, 0.25) is 0 Å². The maximum Gasteiger partial charge on any atom is 0.419 e. The number of hydrogen-bond donors (Lipinski definition) is 3. The molecule has 214 valence electrons. The van der Waals surface area contributed by atoms with Gasteiger partial charge in [0.25, 0.3) is 0 Å². The number of carbonyl (C=O) groups is 1. The van der Waals surface area contributed by atoms with E-state index in [2.05, 4.69) is 27.3 Å². The first-order valence-corrected chi connectivity index (χ1v) is 13.2. The number of benzene rings is 2. The number of alkyl halides is 3. The zero-order valence-corrected chi connectivity index (χ0v) is 22.0. The maximum atomic E-state index is 13.4. The van der Waals surface area contributed by atoms with Crippen molar-refractivity contribution < 1.29 is 32.6 Å². The van der Waals surface area contributed by atoms with E-state index >= 15 is 0 Å². The molecule has 1 saturated carbocycles. The van der Waals surface area contributed by atoms with Crippen molar-refractivity contribution in [3.63, 3.8) is 0 Å². The zero-order chi connectivity index (χ0) is 28.7. The highest BCUT2D eigenvalue weighted by Gasteiger charge is 2.55. The second kappa shape index (κ2) is 10.9. The number of halogens is 4. The summed E-state index contributed by atoms with van der Waals surface area (Å²) in [4.78, 5) is 16.1. The van der Waals surface area contributed by atoms with Crippen molar-refractivity contribution in [2.75, 3.05) is 26.2 Å². The Morgan fingerprint density at radius 3 is 2.30 bits per heavy atom. The normalized spacial score (nSPS) is 22.8. The van der Waals surface area contributed by atoms with Gasteiger partial charge < -0.3 is 20.1 Å². The molecule has 2 aromatic carbocycles. The van der Waals surface area contributed by atoms with Gasteiger partial charge >= 0.3 is 12.1 Å². The van der Waals surface area contributed by atoms with Gasteiger partial charge in [0, 0.05) is 52.3 Å². The van der Waals surface area contributed by atoms with Crippen molar-refractivity contribution >= 4 is 5.97 Å². The number of carboxylic acids is 1. The molecule has 7 nitrogen and oxygen atoms in total. The van der Waals surface area contributed by atoms with E-state index in [0.29, 0.717) is 49.2 Å². The van der Waals surface area contributed by atoms with Gasteiger partial charge in [0.05, 0.1) is 17.5 Å². The number of piperidine rings is 1. The summed E-state index contributed by atoms with van der Waals surface area (Å²) in [6.45, 7) is 3.65. The fraction of sp³-hybridized carbons (Fsp3) is 0.448. The van der Waals surface area contributed by atoms with Crippen LogP contribution in [0.25, 0.3) is 0 Å². The Bertz CT molecular complexity index is 1340. The minimum absolute atomic E-state index is 0.0810. The number of carboxylic acid groups (broad SMARTS) is 1. The third kappa shape index (κ3) is 6.37. The third-order valence-electron chi connectivity index (χ3n) is 8.09. The average molecular weight is 561 g/mol. The van der Waals surface area contributed by atoms with Crippen LogP contribution < -0.4 is 5.32 Å². The molecule has 0 radical (unpaired) electrons. The van der Waals surface area contributed by atoms with Gasteiger partial charge in [-0.1, -0.05) is 30.3 Å². The number of likely N-dealkylation sites (tertiary alicyclic amines) is 1. The number of fused-ring (bicyclic) bond motifs is 2. The van der Waals surface area contributed by atoms with E-state index in [1.165, 1.54) is 29.7 Å². The Hall–Kier alpha value is -3.28. The Morgan fingerprint density at radius 1 is 1.12 bits per heavy atom. The molecular weight excluding hydrogens is 528 g/mol. The van der Waals surface area contributed by atoms with Crippen LogP contribution in [0.4, 0.5) is 17.6 Å². The van der Waals surface area contributed by atoms with Crippen LogP contribution in [0, 0.1) is 23.6 Å². The van der Waals surface area contributed by atoms with Crippen molar-refractivity contribution in [2.24, 2.45) is 24.8 Å². The molecule has 1 aromatic heterocycles. The average Bonchev–Trinajstić information content (AvgIpc) is 3.26. The summed E-state index contributed by atoms with van der Waals surface area (Å²) in [6, 6.07) is 11.4. The van der Waals surface area contributed by atoms with Crippen LogP contribution in [0.1, 0.15) is 32.7 Å². The van der Waals surface area contributed by atoms with Crippen LogP contribution in [0.15, 0.2) is 55.0 Å². The molecule has 2 fully saturated rings. The quantitative estimate of drug-likeness (QED) is 0.382. The minimum atomic E-state index is -4.68. The van der Waals surface area contributed by atoms with E-state index in [0.717, 1.165) is 31.8 Å². The van der Waals surface area contributed by atoms with Crippen molar-refractivity contribution in [1.82, 2.24) is 19.8 Å². The first-order chi connectivity index (χ1) is 18.9. The molecule has 3 N–H and O–H groups in total. The number of aromatic carboxylic acids is 1. The van der Waals surface area contributed by atoms with E-state index in [4.69, 9.17) is 5.11 Å². The van der Waals surface area contributed by atoms with E-state index < -0.39 is 29.1 Å². The number of aryl methyl sites for hydroxylation is 1. The van der Waals surface area contributed by atoms with Gasteiger partial charge in [-0.25, -0.2) is 14.2 Å². The molecule has 2 atom stereocenters. The smallest absolute Gasteiger partial charge is 0.419 e. The van der Waals surface area contributed by atoms with Crippen LogP contribution in [0.3, 0.4) is 0 Å². The lowest BCUT2D eigenvalue weighted by atomic mass is 9.99. The summed E-state index contributed by atoms with van der Waals surface area (Å²) in [5.74, 6) is -0.539. The molecule has 2 unspecified atom stereocenters. The summed E-state index contributed by atoms with van der Waals surface area (Å²) < 4.78 is 53.5. The lowest BCUT2D eigenvalue weighted by molar-refractivity contribution is -0.140. The second-order valence-electron chi connectivity index (χ2n) is 11.2. The number of β-amino-alcohol motifs (C(OH)–C–C–N with tert-alkyl or cyclic N) is 1. The van der Waals surface area contributed by atoms with Crippen molar-refractivity contribution in [2.45, 2.75) is 31.2 Å². The van der Waals surface area contributed by atoms with E-state index in [9.17, 15) is 27.5 Å². The van der Waals surface area contributed by atoms with E-state index in [1.807, 2.05) is 12.1 Å². The largest absolute Gasteiger partial charge is 0.476 e. The highest BCUT2D eigenvalue weighted by Crippen LogP contribution is 2.51. The molecule has 0 spiro atoms. The van der Waals surface area contributed by atoms with Crippen LogP contribution >= 0.6 is 0 Å². The highest BCUT2D eigenvalue weighted by atomic mass is 19.4. The number of aliphatic hydroxyl groups is 1. The molecule has 0 bridgehead atoms. The van der Waals surface area contributed by atoms with Gasteiger partial charge in [0.1, 0.15) is 5.82 Å². The topological polar surface area (TPSA) is 90.6 Å². The molecule has 2 aliphatic carbocycles. The zero-order valence-electron chi connectivity index (χ0n) is 22.0. The predicted octanol–water partition coefficient (Wildman–Crippen LogP) is 3.76. The summed E-state index contributed by atoms with van der Waals surface area (Å²) in [7, 11) is 1.72. The molecule has 40 heavy (non-hydrogen) atoms. The molecule has 1 saturated heterocycles. The Kier molecular flexibility index (Phi) is 7.73. The van der Waals surface area contributed by atoms with Gasteiger partial charge in [0.15, 0.2) is 5.69 Å². The summed E-state index contributed by atoms with van der Waals surface area (Å²) >= 11 is 0. The standard InChI is InChI=1S/C24H26F4N2O.C5H6N2O2/c25-22-6-5-15(7-21(22)24(26,27)28)10-29-11-18-19-12-30(13-20(18)19)14-23(31)8-16-3-1-2-4-17(16)9-23;1-7-2-4(5(8)9)6-3-7/h1-7,18-20,29,31H,8-14H2;2-3H,1H3,(H,8,9). The van der Waals surface area contributed by atoms with Crippen LogP contribution in [-0.2, 0) is 32.6 Å². The van der Waals surface area contributed by atoms with Crippen molar-refractivity contribution in [3.05, 3.63) is 88.8 Å². The van der Waals surface area contributed by atoms with Crippen LogP contribution in [-0.4, -0.2) is 62.4 Å². The lowest BCUT2D eigenvalue weighted by Crippen LogP contribution is -2.44. The Balaban J connectivity index is 0.000000306. The number of nitrogens with zero attached hydrogens (tertiary/aromatic N) is 3.